The van der Waals surface area contributed by atoms with Crippen molar-refractivity contribution in [2.24, 2.45) is 0 Å². The number of aliphatic hydroxyl groups is 3. The van der Waals surface area contributed by atoms with Crippen molar-refractivity contribution in [2.45, 2.75) is 49.5 Å². The van der Waals surface area contributed by atoms with Crippen molar-refractivity contribution < 1.29 is 29.6 Å². The molecule has 20 heavy (non-hydrogen) atoms. The summed E-state index contributed by atoms with van der Waals surface area (Å²) in [5.41, 5.74) is 0. The molecule has 1 amide bonds. The van der Waals surface area contributed by atoms with E-state index in [-0.39, 0.29) is 11.9 Å². The van der Waals surface area contributed by atoms with E-state index in [9.17, 15) is 15.0 Å². The van der Waals surface area contributed by atoms with Gasteiger partial charge in [0.1, 0.15) is 24.4 Å². The number of aliphatic hydroxyl groups excluding tert-OH is 3. The Morgan fingerprint density at radius 3 is 2.75 bits per heavy atom. The van der Waals surface area contributed by atoms with E-state index in [2.05, 4.69) is 10.6 Å². The zero-order valence-electron chi connectivity index (χ0n) is 11.4. The summed E-state index contributed by atoms with van der Waals surface area (Å²) >= 11 is 0. The van der Waals surface area contributed by atoms with Crippen LogP contribution in [0.15, 0.2) is 0 Å². The van der Waals surface area contributed by atoms with Gasteiger partial charge in [-0.2, -0.15) is 0 Å². The van der Waals surface area contributed by atoms with Crippen LogP contribution in [0.25, 0.3) is 0 Å². The van der Waals surface area contributed by atoms with E-state index in [1.807, 2.05) is 0 Å². The van der Waals surface area contributed by atoms with Gasteiger partial charge in [0.05, 0.1) is 12.6 Å². The summed E-state index contributed by atoms with van der Waals surface area (Å²) in [5, 5.41) is 34.7. The van der Waals surface area contributed by atoms with Gasteiger partial charge >= 0.3 is 0 Å². The molecule has 5 N–H and O–H groups in total. The lowest BCUT2D eigenvalue weighted by molar-refractivity contribution is -0.262. The Labute approximate surface area is 117 Å². The van der Waals surface area contributed by atoms with Crippen LogP contribution in [0.4, 0.5) is 0 Å². The average molecular weight is 290 g/mol. The number of nitrogens with one attached hydrogen (secondary N) is 2. The second-order valence-electron chi connectivity index (χ2n) is 5.13. The molecular formula is C12H22N2O6. The van der Waals surface area contributed by atoms with Crippen LogP contribution in [0, 0.1) is 0 Å². The highest BCUT2D eigenvalue weighted by Gasteiger charge is 2.45. The Balaban J connectivity index is 2.01. The van der Waals surface area contributed by atoms with Crippen LogP contribution in [-0.4, -0.2) is 78.2 Å². The van der Waals surface area contributed by atoms with Crippen molar-refractivity contribution in [3.8, 4) is 0 Å². The van der Waals surface area contributed by atoms with E-state index >= 15 is 0 Å². The number of carbonyl (C=O) groups is 1. The van der Waals surface area contributed by atoms with Gasteiger partial charge in [0, 0.05) is 7.11 Å². The minimum Gasteiger partial charge on any atom is -0.394 e. The van der Waals surface area contributed by atoms with Crippen molar-refractivity contribution in [1.29, 1.82) is 0 Å². The highest BCUT2D eigenvalue weighted by atomic mass is 16.7. The smallest absolute Gasteiger partial charge is 0.237 e. The van der Waals surface area contributed by atoms with Crippen molar-refractivity contribution in [2.75, 3.05) is 20.3 Å². The van der Waals surface area contributed by atoms with Crippen molar-refractivity contribution in [1.82, 2.24) is 10.6 Å². The van der Waals surface area contributed by atoms with Gasteiger partial charge in [0.2, 0.25) is 5.91 Å². The number of amides is 1. The number of methoxy groups -OCH3 is 1. The van der Waals surface area contributed by atoms with Gasteiger partial charge in [-0.15, -0.1) is 0 Å². The average Bonchev–Trinajstić information content (AvgIpc) is 2.98. The molecule has 116 valence electrons. The number of rotatable bonds is 4. The third-order valence-electron chi connectivity index (χ3n) is 3.80. The van der Waals surface area contributed by atoms with Gasteiger partial charge < -0.3 is 35.4 Å². The van der Waals surface area contributed by atoms with Crippen LogP contribution >= 0.6 is 0 Å². The molecule has 0 spiro atoms. The van der Waals surface area contributed by atoms with Gasteiger partial charge in [0.25, 0.3) is 0 Å². The molecule has 8 nitrogen and oxygen atoms in total. The van der Waals surface area contributed by atoms with Crippen molar-refractivity contribution in [3.05, 3.63) is 0 Å². The Kier molecular flexibility index (Phi) is 5.30. The molecule has 2 heterocycles. The lowest BCUT2D eigenvalue weighted by Crippen LogP contribution is -2.65. The van der Waals surface area contributed by atoms with E-state index < -0.39 is 37.3 Å². The third-order valence-corrected chi connectivity index (χ3v) is 3.80. The van der Waals surface area contributed by atoms with Gasteiger partial charge in [0.15, 0.2) is 6.29 Å². The number of carbonyl (C=O) groups excluding carboxylic acids is 1. The minimum atomic E-state index is -1.28. The molecule has 0 aliphatic carbocycles. The number of hydrogen-bond donors (Lipinski definition) is 5. The SMILES string of the molecule is COC1OC(CO)C(O)C(O)C1NC(=O)[C@@H]1CCCN1. The molecule has 0 radical (unpaired) electrons. The Morgan fingerprint density at radius 1 is 1.45 bits per heavy atom. The molecule has 2 saturated heterocycles. The Morgan fingerprint density at radius 2 is 2.20 bits per heavy atom. The van der Waals surface area contributed by atoms with E-state index in [1.165, 1.54) is 7.11 Å². The molecule has 2 rings (SSSR count). The quantitative estimate of drug-likeness (QED) is 0.382. The van der Waals surface area contributed by atoms with Gasteiger partial charge in [-0.3, -0.25) is 4.79 Å². The van der Waals surface area contributed by atoms with Gasteiger partial charge in [-0.25, -0.2) is 0 Å². The van der Waals surface area contributed by atoms with Gasteiger partial charge in [-0.1, -0.05) is 0 Å². The molecule has 2 fully saturated rings. The highest BCUT2D eigenvalue weighted by molar-refractivity contribution is 5.82. The first-order valence-corrected chi connectivity index (χ1v) is 6.77. The number of ether oxygens (including phenoxy) is 2. The summed E-state index contributed by atoms with van der Waals surface area (Å²) < 4.78 is 10.4. The Bertz CT molecular complexity index is 334. The molecule has 0 aromatic rings. The fraction of sp³-hybridized carbons (Fsp3) is 0.917. The van der Waals surface area contributed by atoms with Crippen LogP contribution < -0.4 is 10.6 Å². The van der Waals surface area contributed by atoms with Crippen LogP contribution in [0.5, 0.6) is 0 Å². The fourth-order valence-corrected chi connectivity index (χ4v) is 2.61. The summed E-state index contributed by atoms with van der Waals surface area (Å²) in [6.45, 7) is 0.341. The maximum Gasteiger partial charge on any atom is 0.237 e. The lowest BCUT2D eigenvalue weighted by atomic mass is 9.96. The standard InChI is InChI=1S/C12H22N2O6/c1-19-12-8(10(17)9(16)7(5-15)20-12)14-11(18)6-3-2-4-13-6/h6-10,12-13,15-17H,2-5H2,1H3,(H,14,18)/t6-,7?,8?,9?,10?,12?/m0/s1. The molecular weight excluding hydrogens is 268 g/mol. The second kappa shape index (κ2) is 6.79. The summed E-state index contributed by atoms with van der Waals surface area (Å²) in [6, 6.07) is -1.18. The summed E-state index contributed by atoms with van der Waals surface area (Å²) in [5.74, 6) is -0.258. The van der Waals surface area contributed by atoms with E-state index in [0.29, 0.717) is 0 Å². The molecule has 6 atom stereocenters. The monoisotopic (exact) mass is 290 g/mol. The molecule has 0 aromatic carbocycles. The maximum absolute atomic E-state index is 12.1. The summed E-state index contributed by atoms with van der Waals surface area (Å²) in [7, 11) is 1.37. The minimum absolute atomic E-state index is 0.258. The fourth-order valence-electron chi connectivity index (χ4n) is 2.61. The summed E-state index contributed by atoms with van der Waals surface area (Å²) in [4.78, 5) is 12.1. The Hall–Kier alpha value is -0.770. The van der Waals surface area contributed by atoms with Crippen molar-refractivity contribution >= 4 is 5.91 Å². The topological polar surface area (TPSA) is 120 Å². The normalized spacial score (nSPS) is 41.6. The zero-order chi connectivity index (χ0) is 14.7. The zero-order valence-corrected chi connectivity index (χ0v) is 11.4. The van der Waals surface area contributed by atoms with Crippen LogP contribution in [0.2, 0.25) is 0 Å². The predicted octanol–water partition coefficient (Wildman–Crippen LogP) is -2.69. The maximum atomic E-state index is 12.1. The first-order valence-electron chi connectivity index (χ1n) is 6.77. The molecule has 0 bridgehead atoms. The van der Waals surface area contributed by atoms with Crippen LogP contribution in [0.1, 0.15) is 12.8 Å². The second-order valence-corrected chi connectivity index (χ2v) is 5.13. The predicted molar refractivity (Wildman–Crippen MR) is 67.7 cm³/mol. The third kappa shape index (κ3) is 3.11. The summed E-state index contributed by atoms with van der Waals surface area (Å²) in [6.07, 6.45) is -2.76. The van der Waals surface area contributed by atoms with Crippen molar-refractivity contribution in [3.63, 3.8) is 0 Å². The lowest BCUT2D eigenvalue weighted by Gasteiger charge is -2.42. The largest absolute Gasteiger partial charge is 0.394 e. The first kappa shape index (κ1) is 15.6. The van der Waals surface area contributed by atoms with Crippen LogP contribution in [0.3, 0.4) is 0 Å². The molecule has 0 aromatic heterocycles. The molecule has 2 aliphatic rings. The number of hydrogen-bond acceptors (Lipinski definition) is 7. The van der Waals surface area contributed by atoms with E-state index in [0.717, 1.165) is 19.4 Å². The van der Waals surface area contributed by atoms with Crippen LogP contribution in [-0.2, 0) is 14.3 Å². The van der Waals surface area contributed by atoms with Gasteiger partial charge in [-0.05, 0) is 19.4 Å². The van der Waals surface area contributed by atoms with E-state index in [4.69, 9.17) is 14.6 Å². The molecule has 2 aliphatic heterocycles. The first-order chi connectivity index (χ1) is 9.58. The molecule has 0 saturated carbocycles. The highest BCUT2D eigenvalue weighted by Crippen LogP contribution is 2.22. The van der Waals surface area contributed by atoms with E-state index in [1.54, 1.807) is 0 Å². The molecule has 8 heteroatoms. The molecule has 5 unspecified atom stereocenters.